The number of oxazole rings is 1. The molecule has 0 aliphatic heterocycles. The normalized spacial score (nSPS) is 12.0. The Bertz CT molecular complexity index is 1260. The van der Waals surface area contributed by atoms with Crippen molar-refractivity contribution >= 4 is 22.8 Å². The zero-order valence-electron chi connectivity index (χ0n) is 17.7. The maximum absolute atomic E-state index is 13.1. The first-order valence-electron chi connectivity index (χ1n) is 10.2. The van der Waals surface area contributed by atoms with Gasteiger partial charge in [0.1, 0.15) is 0 Å². The van der Waals surface area contributed by atoms with Crippen LogP contribution in [-0.4, -0.2) is 45.8 Å². The number of para-hydroxylation sites is 1. The molecule has 2 aromatic carbocycles. The van der Waals surface area contributed by atoms with E-state index in [-0.39, 0.29) is 24.0 Å². The Balaban J connectivity index is 1.81. The van der Waals surface area contributed by atoms with Gasteiger partial charge in [-0.1, -0.05) is 36.4 Å². The number of aromatic nitrogens is 2. The number of ether oxygens (including phenoxy) is 1. The Morgan fingerprint density at radius 3 is 2.59 bits per heavy atom. The number of esters is 1. The minimum absolute atomic E-state index is 0.0166. The molecule has 0 saturated heterocycles. The van der Waals surface area contributed by atoms with Gasteiger partial charge in [0.25, 0.3) is 5.91 Å². The molecule has 0 aliphatic rings. The molecule has 8 nitrogen and oxygen atoms in total. The van der Waals surface area contributed by atoms with Crippen LogP contribution < -0.4 is 5.32 Å². The monoisotopic (exact) mass is 433 g/mol. The molecular weight excluding hydrogens is 410 g/mol. The van der Waals surface area contributed by atoms with Crippen molar-refractivity contribution < 1.29 is 23.8 Å². The predicted octanol–water partition coefficient (Wildman–Crippen LogP) is 3.15. The summed E-state index contributed by atoms with van der Waals surface area (Å²) in [6, 6.07) is 15.8. The van der Waals surface area contributed by atoms with Gasteiger partial charge >= 0.3 is 5.97 Å². The predicted molar refractivity (Wildman–Crippen MR) is 119 cm³/mol. The number of amides is 1. The fraction of sp³-hybridized carbons (Fsp3) is 0.208. The maximum Gasteiger partial charge on any atom is 0.331 e. The average molecular weight is 433 g/mol. The lowest BCUT2D eigenvalue weighted by molar-refractivity contribution is -0.146. The molecule has 32 heavy (non-hydrogen) atoms. The van der Waals surface area contributed by atoms with Crippen LogP contribution in [0.3, 0.4) is 0 Å². The first kappa shape index (κ1) is 21.3. The van der Waals surface area contributed by atoms with Crippen molar-refractivity contribution in [3.8, 4) is 22.8 Å². The van der Waals surface area contributed by atoms with Crippen LogP contribution in [0.1, 0.15) is 17.4 Å². The van der Waals surface area contributed by atoms with Crippen molar-refractivity contribution in [2.24, 2.45) is 7.05 Å². The standard InChI is InChI=1S/C24H23N3O5/c1-3-31-24(30)18(14-28)25-22(29)20-21(32-23(26-20)15-9-5-4-6-10-15)17-13-27(2)19-12-8-7-11-16(17)19/h4-13,18,28H,3,14H2,1-2H3,(H,25,29)/t18-/m0/s1. The van der Waals surface area contributed by atoms with E-state index in [4.69, 9.17) is 9.15 Å². The Morgan fingerprint density at radius 2 is 1.88 bits per heavy atom. The van der Waals surface area contributed by atoms with Crippen LogP contribution in [0, 0.1) is 0 Å². The first-order chi connectivity index (χ1) is 15.5. The van der Waals surface area contributed by atoms with E-state index in [0.29, 0.717) is 11.1 Å². The number of aliphatic hydroxyl groups excluding tert-OH is 1. The van der Waals surface area contributed by atoms with Crippen molar-refractivity contribution in [2.45, 2.75) is 13.0 Å². The summed E-state index contributed by atoms with van der Waals surface area (Å²) in [4.78, 5) is 29.6. The topological polar surface area (TPSA) is 107 Å². The second-order valence-corrected chi connectivity index (χ2v) is 7.19. The highest BCUT2D eigenvalue weighted by Gasteiger charge is 2.28. The quantitative estimate of drug-likeness (QED) is 0.434. The summed E-state index contributed by atoms with van der Waals surface area (Å²) in [5.74, 6) is -0.818. The van der Waals surface area contributed by atoms with E-state index in [0.717, 1.165) is 10.9 Å². The van der Waals surface area contributed by atoms with E-state index in [1.54, 1.807) is 6.92 Å². The van der Waals surface area contributed by atoms with E-state index in [1.165, 1.54) is 0 Å². The molecule has 4 rings (SSSR count). The first-order valence-corrected chi connectivity index (χ1v) is 10.2. The summed E-state index contributed by atoms with van der Waals surface area (Å²) < 4.78 is 12.9. The lowest BCUT2D eigenvalue weighted by Gasteiger charge is -2.14. The number of nitrogens with one attached hydrogen (secondary N) is 1. The highest BCUT2D eigenvalue weighted by molar-refractivity contribution is 6.04. The van der Waals surface area contributed by atoms with E-state index in [1.807, 2.05) is 72.4 Å². The lowest BCUT2D eigenvalue weighted by Crippen LogP contribution is -2.44. The molecule has 0 aliphatic carbocycles. The van der Waals surface area contributed by atoms with Crippen molar-refractivity contribution in [2.75, 3.05) is 13.2 Å². The summed E-state index contributed by atoms with van der Waals surface area (Å²) in [6.07, 6.45) is 1.87. The molecule has 164 valence electrons. The van der Waals surface area contributed by atoms with Crippen LogP contribution in [0.15, 0.2) is 65.2 Å². The zero-order valence-corrected chi connectivity index (χ0v) is 17.7. The van der Waals surface area contributed by atoms with Gasteiger partial charge in [0, 0.05) is 35.3 Å². The number of benzene rings is 2. The minimum atomic E-state index is -1.21. The minimum Gasteiger partial charge on any atom is -0.464 e. The van der Waals surface area contributed by atoms with Crippen molar-refractivity contribution in [3.63, 3.8) is 0 Å². The Kier molecular flexibility index (Phi) is 6.04. The number of fused-ring (bicyclic) bond motifs is 1. The number of hydrogen-bond acceptors (Lipinski definition) is 6. The molecule has 0 unspecified atom stereocenters. The van der Waals surface area contributed by atoms with Gasteiger partial charge in [0.15, 0.2) is 17.5 Å². The number of carbonyl (C=O) groups excluding carboxylic acids is 2. The summed E-state index contributed by atoms with van der Waals surface area (Å²) in [6.45, 7) is 1.18. The van der Waals surface area contributed by atoms with Gasteiger partial charge in [-0.05, 0) is 25.1 Å². The molecule has 0 fully saturated rings. The van der Waals surface area contributed by atoms with Gasteiger partial charge in [-0.15, -0.1) is 0 Å². The molecule has 0 saturated carbocycles. The second kappa shape index (κ2) is 9.07. The number of nitrogens with zero attached hydrogens (tertiary/aromatic N) is 2. The lowest BCUT2D eigenvalue weighted by atomic mass is 10.1. The van der Waals surface area contributed by atoms with E-state index < -0.39 is 24.5 Å². The third-order valence-corrected chi connectivity index (χ3v) is 5.06. The molecular formula is C24H23N3O5. The average Bonchev–Trinajstić information content (AvgIpc) is 3.40. The largest absolute Gasteiger partial charge is 0.464 e. The Morgan fingerprint density at radius 1 is 1.16 bits per heavy atom. The van der Waals surface area contributed by atoms with Gasteiger partial charge < -0.3 is 24.1 Å². The summed E-state index contributed by atoms with van der Waals surface area (Å²) in [7, 11) is 1.91. The smallest absolute Gasteiger partial charge is 0.331 e. The molecule has 2 N–H and O–H groups in total. The maximum atomic E-state index is 13.1. The summed E-state index contributed by atoms with van der Waals surface area (Å²) in [5, 5.41) is 13.0. The van der Waals surface area contributed by atoms with Gasteiger partial charge in [-0.2, -0.15) is 0 Å². The summed E-state index contributed by atoms with van der Waals surface area (Å²) in [5.41, 5.74) is 2.38. The van der Waals surface area contributed by atoms with E-state index in [9.17, 15) is 14.7 Å². The SMILES string of the molecule is CCOC(=O)[C@H](CO)NC(=O)c1nc(-c2ccccc2)oc1-c1cn(C)c2ccccc12. The molecule has 0 radical (unpaired) electrons. The molecule has 0 bridgehead atoms. The second-order valence-electron chi connectivity index (χ2n) is 7.19. The summed E-state index contributed by atoms with van der Waals surface area (Å²) >= 11 is 0. The van der Waals surface area contributed by atoms with Gasteiger partial charge in [0.05, 0.1) is 13.2 Å². The zero-order chi connectivity index (χ0) is 22.7. The third-order valence-electron chi connectivity index (χ3n) is 5.06. The number of hydrogen-bond donors (Lipinski definition) is 2. The molecule has 8 heteroatoms. The van der Waals surface area contributed by atoms with E-state index >= 15 is 0 Å². The van der Waals surface area contributed by atoms with Crippen LogP contribution in [0.4, 0.5) is 0 Å². The molecule has 1 atom stereocenters. The molecule has 1 amide bonds. The number of rotatable bonds is 7. The molecule has 4 aromatic rings. The van der Waals surface area contributed by atoms with Gasteiger partial charge in [-0.3, -0.25) is 4.79 Å². The third kappa shape index (κ3) is 4.00. The van der Waals surface area contributed by atoms with Gasteiger partial charge in [0.2, 0.25) is 5.89 Å². The van der Waals surface area contributed by atoms with Crippen molar-refractivity contribution in [1.29, 1.82) is 0 Å². The van der Waals surface area contributed by atoms with E-state index in [2.05, 4.69) is 10.3 Å². The van der Waals surface area contributed by atoms with Crippen LogP contribution >= 0.6 is 0 Å². The number of carbonyl (C=O) groups is 2. The number of aliphatic hydroxyl groups is 1. The van der Waals surface area contributed by atoms with Crippen LogP contribution in [0.25, 0.3) is 33.7 Å². The fourth-order valence-corrected chi connectivity index (χ4v) is 3.53. The van der Waals surface area contributed by atoms with Crippen molar-refractivity contribution in [1.82, 2.24) is 14.9 Å². The highest BCUT2D eigenvalue weighted by atomic mass is 16.5. The highest BCUT2D eigenvalue weighted by Crippen LogP contribution is 2.35. The van der Waals surface area contributed by atoms with Crippen LogP contribution in [0.2, 0.25) is 0 Å². The Labute approximate surface area is 184 Å². The molecule has 0 spiro atoms. The Hall–Kier alpha value is -3.91. The number of aryl methyl sites for hydroxylation is 1. The van der Waals surface area contributed by atoms with Gasteiger partial charge in [-0.25, -0.2) is 9.78 Å². The molecule has 2 heterocycles. The van der Waals surface area contributed by atoms with Crippen LogP contribution in [-0.2, 0) is 16.6 Å². The van der Waals surface area contributed by atoms with Crippen molar-refractivity contribution in [3.05, 3.63) is 66.5 Å². The van der Waals surface area contributed by atoms with Crippen LogP contribution in [0.5, 0.6) is 0 Å². The fourth-order valence-electron chi connectivity index (χ4n) is 3.53. The molecule has 2 aromatic heterocycles.